The minimum Gasteiger partial charge on any atom is -0.357 e. The van der Waals surface area contributed by atoms with Gasteiger partial charge in [0, 0.05) is 12.7 Å². The van der Waals surface area contributed by atoms with Gasteiger partial charge in [0.15, 0.2) is 0 Å². The van der Waals surface area contributed by atoms with Crippen molar-refractivity contribution in [3.63, 3.8) is 0 Å². The van der Waals surface area contributed by atoms with E-state index in [4.69, 9.17) is 11.6 Å². The van der Waals surface area contributed by atoms with Crippen LogP contribution in [0.5, 0.6) is 0 Å². The summed E-state index contributed by atoms with van der Waals surface area (Å²) in [6.07, 6.45) is 0. The van der Waals surface area contributed by atoms with Gasteiger partial charge in [-0.05, 0) is 25.1 Å². The van der Waals surface area contributed by atoms with E-state index in [0.717, 1.165) is 6.07 Å². The van der Waals surface area contributed by atoms with Crippen LogP contribution in [-0.2, 0) is 0 Å². The van der Waals surface area contributed by atoms with Crippen molar-refractivity contribution in [2.24, 2.45) is 0 Å². The van der Waals surface area contributed by atoms with Gasteiger partial charge in [-0.25, -0.2) is 9.37 Å². The second kappa shape index (κ2) is 5.88. The first-order valence-corrected chi connectivity index (χ1v) is 6.23. The lowest BCUT2D eigenvalue weighted by Gasteiger charge is -2.09. The van der Waals surface area contributed by atoms with E-state index in [9.17, 15) is 14.5 Å². The first-order chi connectivity index (χ1) is 9.92. The predicted octanol–water partition coefficient (Wildman–Crippen LogP) is 3.27. The van der Waals surface area contributed by atoms with Gasteiger partial charge in [-0.15, -0.1) is 0 Å². The van der Waals surface area contributed by atoms with Crippen LogP contribution in [0.4, 0.5) is 27.5 Å². The SMILES string of the molecule is CNc1nc(C)c([N+](=O)[O-])c(Nc2ccc(Cl)c(F)c2)n1. The van der Waals surface area contributed by atoms with Crippen LogP contribution in [0.15, 0.2) is 18.2 Å². The van der Waals surface area contributed by atoms with E-state index in [2.05, 4.69) is 20.6 Å². The van der Waals surface area contributed by atoms with Gasteiger partial charge in [0.05, 0.1) is 9.95 Å². The number of nitrogens with one attached hydrogen (secondary N) is 2. The van der Waals surface area contributed by atoms with Crippen LogP contribution in [0, 0.1) is 22.9 Å². The molecule has 2 rings (SSSR count). The van der Waals surface area contributed by atoms with Gasteiger partial charge in [-0.2, -0.15) is 4.98 Å². The summed E-state index contributed by atoms with van der Waals surface area (Å²) in [4.78, 5) is 18.5. The molecule has 0 aliphatic rings. The molecule has 1 aromatic carbocycles. The summed E-state index contributed by atoms with van der Waals surface area (Å²) in [6, 6.07) is 3.96. The first-order valence-electron chi connectivity index (χ1n) is 5.85. The fraction of sp³-hybridized carbons (Fsp3) is 0.167. The molecule has 0 atom stereocenters. The fourth-order valence-corrected chi connectivity index (χ4v) is 1.81. The Bertz CT molecular complexity index is 710. The van der Waals surface area contributed by atoms with Gasteiger partial charge in [-0.1, -0.05) is 11.6 Å². The smallest absolute Gasteiger partial charge is 0.332 e. The molecule has 0 unspecified atom stereocenters. The molecular formula is C12H11ClFN5O2. The molecule has 2 N–H and O–H groups in total. The Morgan fingerprint density at radius 3 is 2.67 bits per heavy atom. The number of nitro groups is 1. The lowest BCUT2D eigenvalue weighted by atomic mass is 10.3. The van der Waals surface area contributed by atoms with E-state index < -0.39 is 10.7 Å². The second-order valence-corrected chi connectivity index (χ2v) is 4.50. The molecule has 1 aromatic heterocycles. The van der Waals surface area contributed by atoms with E-state index in [1.54, 1.807) is 7.05 Å². The van der Waals surface area contributed by atoms with Gasteiger partial charge >= 0.3 is 5.69 Å². The van der Waals surface area contributed by atoms with E-state index in [-0.39, 0.29) is 28.2 Å². The van der Waals surface area contributed by atoms with Crippen molar-refractivity contribution >= 4 is 34.7 Å². The Morgan fingerprint density at radius 2 is 2.10 bits per heavy atom. The molecule has 0 radical (unpaired) electrons. The monoisotopic (exact) mass is 311 g/mol. The van der Waals surface area contributed by atoms with E-state index in [0.29, 0.717) is 5.69 Å². The summed E-state index contributed by atoms with van der Waals surface area (Å²) >= 11 is 5.59. The largest absolute Gasteiger partial charge is 0.357 e. The van der Waals surface area contributed by atoms with Crippen LogP contribution < -0.4 is 10.6 Å². The Balaban J connectivity index is 2.48. The highest BCUT2D eigenvalue weighted by Gasteiger charge is 2.22. The Labute approximate surface area is 124 Å². The summed E-state index contributed by atoms with van der Waals surface area (Å²) in [7, 11) is 1.59. The summed E-state index contributed by atoms with van der Waals surface area (Å²) in [5, 5.41) is 16.5. The van der Waals surface area contributed by atoms with Gasteiger partial charge in [0.2, 0.25) is 11.8 Å². The molecule has 110 valence electrons. The molecule has 0 amide bonds. The van der Waals surface area contributed by atoms with Crippen molar-refractivity contribution < 1.29 is 9.31 Å². The molecule has 0 aliphatic carbocycles. The molecular weight excluding hydrogens is 301 g/mol. The van der Waals surface area contributed by atoms with Gasteiger partial charge in [0.1, 0.15) is 11.5 Å². The number of halogens is 2. The highest BCUT2D eigenvalue weighted by atomic mass is 35.5. The maximum atomic E-state index is 13.4. The number of hydrogen-bond donors (Lipinski definition) is 2. The molecule has 0 bridgehead atoms. The first kappa shape index (κ1) is 14.9. The Kier molecular flexibility index (Phi) is 4.18. The number of rotatable bonds is 4. The number of aryl methyl sites for hydroxylation is 1. The number of benzene rings is 1. The molecule has 2 aromatic rings. The van der Waals surface area contributed by atoms with Crippen molar-refractivity contribution in [2.75, 3.05) is 17.7 Å². The van der Waals surface area contributed by atoms with Gasteiger partial charge in [-0.3, -0.25) is 10.1 Å². The molecule has 0 saturated heterocycles. The number of aromatic nitrogens is 2. The maximum Gasteiger partial charge on any atom is 0.332 e. The fourth-order valence-electron chi connectivity index (χ4n) is 1.70. The average molecular weight is 312 g/mol. The quantitative estimate of drug-likeness (QED) is 0.665. The third kappa shape index (κ3) is 3.16. The zero-order valence-corrected chi connectivity index (χ0v) is 11.9. The summed E-state index contributed by atoms with van der Waals surface area (Å²) in [6.45, 7) is 1.49. The maximum absolute atomic E-state index is 13.4. The van der Waals surface area contributed by atoms with Crippen LogP contribution >= 0.6 is 11.6 Å². The highest BCUT2D eigenvalue weighted by molar-refractivity contribution is 6.30. The Hall–Kier alpha value is -2.48. The van der Waals surface area contributed by atoms with Crippen molar-refractivity contribution in [3.8, 4) is 0 Å². The van der Waals surface area contributed by atoms with Gasteiger partial charge in [0.25, 0.3) is 0 Å². The molecule has 0 fully saturated rings. The number of anilines is 3. The van der Waals surface area contributed by atoms with Crippen molar-refractivity contribution in [2.45, 2.75) is 6.92 Å². The van der Waals surface area contributed by atoms with E-state index >= 15 is 0 Å². The van der Waals surface area contributed by atoms with E-state index in [1.807, 2.05) is 0 Å². The third-order valence-electron chi connectivity index (χ3n) is 2.65. The van der Waals surface area contributed by atoms with Crippen LogP contribution in [0.25, 0.3) is 0 Å². The zero-order valence-electron chi connectivity index (χ0n) is 11.1. The van der Waals surface area contributed by atoms with Crippen molar-refractivity contribution in [1.29, 1.82) is 0 Å². The normalized spacial score (nSPS) is 10.3. The lowest BCUT2D eigenvalue weighted by molar-refractivity contribution is -0.385. The van der Waals surface area contributed by atoms with Gasteiger partial charge < -0.3 is 10.6 Å². The molecule has 0 aliphatic heterocycles. The van der Waals surface area contributed by atoms with Crippen LogP contribution in [0.3, 0.4) is 0 Å². The van der Waals surface area contributed by atoms with Crippen LogP contribution in [0.2, 0.25) is 5.02 Å². The minimum atomic E-state index is -0.635. The molecule has 0 spiro atoms. The van der Waals surface area contributed by atoms with Crippen molar-refractivity contribution in [1.82, 2.24) is 9.97 Å². The van der Waals surface area contributed by atoms with E-state index in [1.165, 1.54) is 19.1 Å². The topological polar surface area (TPSA) is 93.0 Å². The molecule has 21 heavy (non-hydrogen) atoms. The number of hydrogen-bond acceptors (Lipinski definition) is 6. The molecule has 7 nitrogen and oxygen atoms in total. The molecule has 0 saturated carbocycles. The second-order valence-electron chi connectivity index (χ2n) is 4.09. The lowest BCUT2D eigenvalue weighted by Crippen LogP contribution is -2.07. The van der Waals surface area contributed by atoms with Crippen LogP contribution in [-0.4, -0.2) is 21.9 Å². The summed E-state index contributed by atoms with van der Waals surface area (Å²) < 4.78 is 13.4. The Morgan fingerprint density at radius 1 is 1.38 bits per heavy atom. The summed E-state index contributed by atoms with van der Waals surface area (Å²) in [5.74, 6) is -0.447. The standard InChI is InChI=1S/C12H11ClFN5O2/c1-6-10(19(20)21)11(18-12(15-2)16-6)17-7-3-4-8(13)9(14)5-7/h3-5H,1-2H3,(H2,15,16,17,18). The third-order valence-corrected chi connectivity index (χ3v) is 2.95. The molecule has 9 heteroatoms. The predicted molar refractivity (Wildman–Crippen MR) is 77.7 cm³/mol. The summed E-state index contributed by atoms with van der Waals surface area (Å²) in [5.41, 5.74) is 0.209. The zero-order chi connectivity index (χ0) is 15.6. The minimum absolute atomic E-state index is 0.0291. The van der Waals surface area contributed by atoms with Crippen molar-refractivity contribution in [3.05, 3.63) is 44.8 Å². The number of nitrogens with zero attached hydrogens (tertiary/aromatic N) is 3. The average Bonchev–Trinajstić information content (AvgIpc) is 2.41. The van der Waals surface area contributed by atoms with Crippen LogP contribution in [0.1, 0.15) is 5.69 Å². The molecule has 1 heterocycles. The highest BCUT2D eigenvalue weighted by Crippen LogP contribution is 2.30.